The lowest BCUT2D eigenvalue weighted by Crippen LogP contribution is -2.45. The minimum Gasteiger partial charge on any atom is -0.397 e. The van der Waals surface area contributed by atoms with Crippen LogP contribution in [0.15, 0.2) is 12.3 Å². The minimum absolute atomic E-state index is 0.0320. The molecular formula is C14H18N4OS. The van der Waals surface area contributed by atoms with Gasteiger partial charge in [-0.1, -0.05) is 6.92 Å². The number of likely N-dealkylation sites (tertiary alicyclic amines) is 1. The van der Waals surface area contributed by atoms with Gasteiger partial charge in [0.05, 0.1) is 11.9 Å². The maximum atomic E-state index is 12.8. The van der Waals surface area contributed by atoms with E-state index in [0.29, 0.717) is 16.5 Å². The molecule has 6 heteroatoms. The summed E-state index contributed by atoms with van der Waals surface area (Å²) >= 11 is 1.34. The lowest BCUT2D eigenvalue weighted by Gasteiger charge is -2.37. The highest BCUT2D eigenvalue weighted by molar-refractivity contribution is 7.21. The number of carbonyl (C=O) groups excluding carboxylic acids is 1. The van der Waals surface area contributed by atoms with Crippen molar-refractivity contribution in [3.05, 3.63) is 17.1 Å². The van der Waals surface area contributed by atoms with Crippen LogP contribution in [0.1, 0.15) is 36.4 Å². The van der Waals surface area contributed by atoms with Crippen LogP contribution < -0.4 is 5.73 Å². The number of hydrogen-bond donors (Lipinski definition) is 1. The molecule has 0 saturated carbocycles. The van der Waals surface area contributed by atoms with Crippen LogP contribution in [0.25, 0.3) is 10.2 Å². The number of amides is 1. The van der Waals surface area contributed by atoms with Gasteiger partial charge < -0.3 is 10.6 Å². The molecular weight excluding hydrogens is 272 g/mol. The van der Waals surface area contributed by atoms with E-state index in [2.05, 4.69) is 24.0 Å². The number of thiophene rings is 1. The number of aromatic nitrogens is 2. The molecule has 1 fully saturated rings. The largest absolute Gasteiger partial charge is 0.397 e. The van der Waals surface area contributed by atoms with Crippen LogP contribution in [0.4, 0.5) is 5.69 Å². The Morgan fingerprint density at radius 1 is 1.50 bits per heavy atom. The van der Waals surface area contributed by atoms with E-state index in [9.17, 15) is 4.79 Å². The number of anilines is 1. The van der Waals surface area contributed by atoms with Crippen molar-refractivity contribution in [3.8, 4) is 0 Å². The van der Waals surface area contributed by atoms with Gasteiger partial charge in [0.15, 0.2) is 0 Å². The molecule has 1 aliphatic rings. The minimum atomic E-state index is 0.0320. The number of nitrogens with zero attached hydrogens (tertiary/aromatic N) is 3. The molecule has 0 aromatic carbocycles. The molecule has 2 aromatic heterocycles. The summed E-state index contributed by atoms with van der Waals surface area (Å²) in [6.45, 7) is 5.12. The first kappa shape index (κ1) is 13.3. The van der Waals surface area contributed by atoms with Crippen molar-refractivity contribution in [1.29, 1.82) is 0 Å². The Morgan fingerprint density at radius 3 is 3.05 bits per heavy atom. The number of nitrogens with two attached hydrogens (primary N) is 1. The van der Waals surface area contributed by atoms with Gasteiger partial charge in [-0.25, -0.2) is 0 Å². The number of hydrogen-bond acceptors (Lipinski definition) is 5. The Hall–Kier alpha value is -1.69. The Kier molecular flexibility index (Phi) is 3.33. The number of fused-ring (bicyclic) bond motifs is 1. The maximum absolute atomic E-state index is 12.8. The van der Waals surface area contributed by atoms with Crippen LogP contribution in [0.2, 0.25) is 0 Å². The summed E-state index contributed by atoms with van der Waals surface area (Å²) in [7, 11) is 0. The Bertz CT molecular complexity index is 654. The monoisotopic (exact) mass is 290 g/mol. The van der Waals surface area contributed by atoms with Crippen LogP contribution in [0.5, 0.6) is 0 Å². The molecule has 0 aliphatic carbocycles. The highest BCUT2D eigenvalue weighted by Crippen LogP contribution is 2.34. The molecule has 3 rings (SSSR count). The van der Waals surface area contributed by atoms with Crippen molar-refractivity contribution >= 4 is 33.1 Å². The molecule has 3 heterocycles. The topological polar surface area (TPSA) is 72.1 Å². The zero-order valence-corrected chi connectivity index (χ0v) is 12.5. The fourth-order valence-electron chi connectivity index (χ4n) is 2.78. The van der Waals surface area contributed by atoms with E-state index in [-0.39, 0.29) is 11.9 Å². The van der Waals surface area contributed by atoms with Gasteiger partial charge in [-0.2, -0.15) is 5.10 Å². The lowest BCUT2D eigenvalue weighted by molar-refractivity contribution is 0.0557. The SMILES string of the molecule is CC1CCCN(C(=O)c2sc3nnccc3c2N)C1C. The van der Waals surface area contributed by atoms with Gasteiger partial charge in [-0.05, 0) is 31.7 Å². The van der Waals surface area contributed by atoms with E-state index in [1.165, 1.54) is 17.8 Å². The Balaban J connectivity index is 1.98. The molecule has 20 heavy (non-hydrogen) atoms. The zero-order chi connectivity index (χ0) is 14.3. The molecule has 1 saturated heterocycles. The predicted molar refractivity (Wildman–Crippen MR) is 80.7 cm³/mol. The van der Waals surface area contributed by atoms with Crippen LogP contribution in [-0.2, 0) is 0 Å². The molecule has 106 valence electrons. The first-order chi connectivity index (χ1) is 9.59. The second-order valence-electron chi connectivity index (χ2n) is 5.45. The fraction of sp³-hybridized carbons (Fsp3) is 0.500. The van der Waals surface area contributed by atoms with Crippen molar-refractivity contribution in [3.63, 3.8) is 0 Å². The van der Waals surface area contributed by atoms with Crippen molar-refractivity contribution in [2.75, 3.05) is 12.3 Å². The van der Waals surface area contributed by atoms with Gasteiger partial charge in [0.25, 0.3) is 5.91 Å². The summed E-state index contributed by atoms with van der Waals surface area (Å²) in [5.41, 5.74) is 6.66. The molecule has 0 bridgehead atoms. The molecule has 0 spiro atoms. The highest BCUT2D eigenvalue weighted by Gasteiger charge is 2.31. The van der Waals surface area contributed by atoms with E-state index < -0.39 is 0 Å². The number of rotatable bonds is 1. The highest BCUT2D eigenvalue weighted by atomic mass is 32.1. The molecule has 0 radical (unpaired) electrons. The lowest BCUT2D eigenvalue weighted by atomic mass is 9.92. The molecule has 2 aromatic rings. The van der Waals surface area contributed by atoms with Gasteiger partial charge in [0.1, 0.15) is 9.71 Å². The first-order valence-electron chi connectivity index (χ1n) is 6.90. The summed E-state index contributed by atoms with van der Waals surface area (Å²) in [5.74, 6) is 0.563. The van der Waals surface area contributed by atoms with E-state index in [1.54, 1.807) is 6.20 Å². The van der Waals surface area contributed by atoms with Gasteiger partial charge >= 0.3 is 0 Å². The summed E-state index contributed by atoms with van der Waals surface area (Å²) in [6, 6.07) is 2.07. The van der Waals surface area contributed by atoms with Crippen LogP contribution >= 0.6 is 11.3 Å². The van der Waals surface area contributed by atoms with E-state index in [1.807, 2.05) is 11.0 Å². The predicted octanol–water partition coefficient (Wildman–Crippen LogP) is 2.53. The molecule has 2 atom stereocenters. The number of piperidine rings is 1. The molecule has 2 unspecified atom stereocenters. The molecule has 1 amide bonds. The normalized spacial score (nSPS) is 23.2. The number of nitrogen functional groups attached to an aromatic ring is 1. The number of carbonyl (C=O) groups is 1. The van der Waals surface area contributed by atoms with Crippen molar-refractivity contribution in [1.82, 2.24) is 15.1 Å². The van der Waals surface area contributed by atoms with Crippen molar-refractivity contribution in [2.45, 2.75) is 32.7 Å². The maximum Gasteiger partial charge on any atom is 0.266 e. The Labute approximate surface area is 121 Å². The fourth-order valence-corrected chi connectivity index (χ4v) is 3.78. The average molecular weight is 290 g/mol. The summed E-state index contributed by atoms with van der Waals surface area (Å²) < 4.78 is 0. The second-order valence-corrected chi connectivity index (χ2v) is 6.45. The average Bonchev–Trinajstić information content (AvgIpc) is 2.79. The van der Waals surface area contributed by atoms with Crippen LogP contribution in [-0.4, -0.2) is 33.6 Å². The second kappa shape index (κ2) is 5.01. The third-order valence-corrected chi connectivity index (χ3v) is 5.34. The van der Waals surface area contributed by atoms with Crippen LogP contribution in [0, 0.1) is 5.92 Å². The quantitative estimate of drug-likeness (QED) is 0.876. The smallest absolute Gasteiger partial charge is 0.266 e. The molecule has 5 nitrogen and oxygen atoms in total. The third-order valence-electron chi connectivity index (χ3n) is 4.25. The van der Waals surface area contributed by atoms with Crippen molar-refractivity contribution in [2.24, 2.45) is 5.92 Å². The summed E-state index contributed by atoms with van der Waals surface area (Å²) in [4.78, 5) is 16.0. The third kappa shape index (κ3) is 2.04. The van der Waals surface area contributed by atoms with E-state index in [0.717, 1.165) is 23.2 Å². The zero-order valence-electron chi connectivity index (χ0n) is 11.7. The van der Waals surface area contributed by atoms with Gasteiger partial charge in [0, 0.05) is 18.0 Å². The standard InChI is InChI=1S/C14H18N4OS/c1-8-4-3-7-18(9(8)2)14(19)12-11(15)10-5-6-16-17-13(10)20-12/h5-6,8-9H,3-4,7,15H2,1-2H3. The van der Waals surface area contributed by atoms with Crippen LogP contribution in [0.3, 0.4) is 0 Å². The molecule has 2 N–H and O–H groups in total. The van der Waals surface area contributed by atoms with E-state index >= 15 is 0 Å². The van der Waals surface area contributed by atoms with Gasteiger partial charge in [0.2, 0.25) is 0 Å². The molecule has 1 aliphatic heterocycles. The van der Waals surface area contributed by atoms with Gasteiger partial charge in [-0.15, -0.1) is 16.4 Å². The van der Waals surface area contributed by atoms with Crippen molar-refractivity contribution < 1.29 is 4.79 Å². The van der Waals surface area contributed by atoms with Gasteiger partial charge in [-0.3, -0.25) is 4.79 Å². The first-order valence-corrected chi connectivity index (χ1v) is 7.72. The summed E-state index contributed by atoms with van der Waals surface area (Å²) in [6.07, 6.45) is 3.84. The van der Waals surface area contributed by atoms with E-state index in [4.69, 9.17) is 5.73 Å². The Morgan fingerprint density at radius 2 is 2.30 bits per heavy atom. The summed E-state index contributed by atoms with van der Waals surface area (Å²) in [5, 5.41) is 8.71.